The van der Waals surface area contributed by atoms with Crippen LogP contribution in [0.4, 0.5) is 0 Å². The van der Waals surface area contributed by atoms with E-state index >= 15 is 0 Å². The van der Waals surface area contributed by atoms with Crippen molar-refractivity contribution >= 4 is 45.5 Å². The first-order valence-corrected chi connectivity index (χ1v) is 11.0. The fourth-order valence-corrected chi connectivity index (χ4v) is 4.55. The highest BCUT2D eigenvalue weighted by Crippen LogP contribution is 2.23. The third-order valence-corrected chi connectivity index (χ3v) is 6.42. The molecule has 1 saturated heterocycles. The van der Waals surface area contributed by atoms with Gasteiger partial charge in [-0.15, -0.1) is 21.5 Å². The second-order valence-electron chi connectivity index (χ2n) is 6.04. The summed E-state index contributed by atoms with van der Waals surface area (Å²) in [6.45, 7) is 5.06. The highest BCUT2D eigenvalue weighted by molar-refractivity contribution is 8.23. The molecule has 1 fully saturated rings. The van der Waals surface area contributed by atoms with Gasteiger partial charge in [-0.25, -0.2) is 0 Å². The van der Waals surface area contributed by atoms with E-state index in [0.29, 0.717) is 30.6 Å². The molecular weight excluding hydrogens is 388 g/mol. The molecule has 0 unspecified atom stereocenters. The lowest BCUT2D eigenvalue weighted by molar-refractivity contribution is -0.129. The summed E-state index contributed by atoms with van der Waals surface area (Å²) in [6.07, 6.45) is 3.24. The summed E-state index contributed by atoms with van der Waals surface area (Å²) in [6, 6.07) is 3.88. The van der Waals surface area contributed by atoms with E-state index in [1.54, 1.807) is 16.2 Å². The van der Waals surface area contributed by atoms with Crippen LogP contribution in [0.25, 0.3) is 10.8 Å². The third kappa shape index (κ3) is 5.05. The molecule has 1 amide bonds. The predicted octanol–water partition coefficient (Wildman–Crippen LogP) is 3.65. The van der Waals surface area contributed by atoms with Crippen LogP contribution in [0, 0.1) is 0 Å². The molecule has 0 radical (unpaired) electrons. The van der Waals surface area contributed by atoms with E-state index in [1.807, 2.05) is 24.4 Å². The minimum absolute atomic E-state index is 0.0503. The van der Waals surface area contributed by atoms with E-state index < -0.39 is 0 Å². The Morgan fingerprint density at radius 3 is 2.92 bits per heavy atom. The summed E-state index contributed by atoms with van der Waals surface area (Å²) in [5.74, 6) is 1.36. The Balaban J connectivity index is 1.55. The number of hydrogen-bond acceptors (Lipinski definition) is 7. The second kappa shape index (κ2) is 9.48. The summed E-state index contributed by atoms with van der Waals surface area (Å²) >= 11 is 8.44. The molecule has 26 heavy (non-hydrogen) atoms. The number of thioether (sulfide) groups is 1. The van der Waals surface area contributed by atoms with Gasteiger partial charge in [0.15, 0.2) is 0 Å². The predicted molar refractivity (Wildman–Crippen MR) is 109 cm³/mol. The summed E-state index contributed by atoms with van der Waals surface area (Å²) in [4.78, 5) is 17.5. The Bertz CT molecular complexity index is 726. The van der Waals surface area contributed by atoms with E-state index in [2.05, 4.69) is 15.1 Å². The van der Waals surface area contributed by atoms with Crippen molar-refractivity contribution in [3.8, 4) is 10.8 Å². The SMILES string of the molecule is CCCN(Cc1nnc(-c2cccs2)o1)C(=O)CSC(=S)N1CCCC1. The van der Waals surface area contributed by atoms with Crippen molar-refractivity contribution < 1.29 is 9.21 Å². The quantitative estimate of drug-likeness (QED) is 0.646. The zero-order valence-corrected chi connectivity index (χ0v) is 17.2. The number of carbonyl (C=O) groups excluding carboxylic acids is 1. The fourth-order valence-electron chi connectivity index (χ4n) is 2.75. The average molecular weight is 411 g/mol. The minimum Gasteiger partial charge on any atom is -0.418 e. The molecule has 0 saturated carbocycles. The Kier molecular flexibility index (Phi) is 7.04. The Hall–Kier alpha value is -1.45. The van der Waals surface area contributed by atoms with E-state index in [4.69, 9.17) is 16.6 Å². The van der Waals surface area contributed by atoms with Crippen LogP contribution in [-0.4, -0.2) is 55.6 Å². The number of carbonyl (C=O) groups is 1. The number of rotatable bonds is 7. The molecule has 0 N–H and O–H groups in total. The van der Waals surface area contributed by atoms with E-state index in [0.717, 1.165) is 28.7 Å². The Morgan fingerprint density at radius 1 is 1.42 bits per heavy atom. The van der Waals surface area contributed by atoms with Gasteiger partial charge < -0.3 is 14.2 Å². The van der Waals surface area contributed by atoms with Gasteiger partial charge in [0, 0.05) is 19.6 Å². The molecule has 2 aromatic rings. The van der Waals surface area contributed by atoms with Crippen molar-refractivity contribution in [3.63, 3.8) is 0 Å². The van der Waals surface area contributed by atoms with Crippen molar-refractivity contribution in [1.82, 2.24) is 20.0 Å². The number of thiophene rings is 1. The van der Waals surface area contributed by atoms with Crippen LogP contribution in [0.15, 0.2) is 21.9 Å². The Labute approximate surface area is 167 Å². The maximum absolute atomic E-state index is 12.6. The van der Waals surface area contributed by atoms with Crippen LogP contribution >= 0.6 is 35.3 Å². The van der Waals surface area contributed by atoms with Crippen molar-refractivity contribution in [2.24, 2.45) is 0 Å². The zero-order valence-electron chi connectivity index (χ0n) is 14.7. The number of nitrogens with zero attached hydrogens (tertiary/aromatic N) is 4. The van der Waals surface area contributed by atoms with Crippen LogP contribution in [0.1, 0.15) is 32.1 Å². The van der Waals surface area contributed by atoms with Gasteiger partial charge in [0.2, 0.25) is 11.8 Å². The molecule has 140 valence electrons. The van der Waals surface area contributed by atoms with Gasteiger partial charge in [-0.1, -0.05) is 37.0 Å². The first-order valence-electron chi connectivity index (χ1n) is 8.73. The van der Waals surface area contributed by atoms with Crippen molar-refractivity contribution in [2.45, 2.75) is 32.7 Å². The molecule has 1 aliphatic heterocycles. The zero-order chi connectivity index (χ0) is 18.4. The number of amides is 1. The Morgan fingerprint density at radius 2 is 2.23 bits per heavy atom. The lowest BCUT2D eigenvalue weighted by atomic mass is 10.4. The number of thiocarbonyl (C=S) groups is 1. The smallest absolute Gasteiger partial charge is 0.257 e. The van der Waals surface area contributed by atoms with E-state index in [1.165, 1.54) is 24.6 Å². The van der Waals surface area contributed by atoms with Crippen molar-refractivity contribution in [1.29, 1.82) is 0 Å². The molecule has 0 spiro atoms. The number of likely N-dealkylation sites (tertiary alicyclic amines) is 1. The third-order valence-electron chi connectivity index (χ3n) is 4.05. The van der Waals surface area contributed by atoms with E-state index in [-0.39, 0.29) is 5.91 Å². The van der Waals surface area contributed by atoms with Gasteiger partial charge in [0.1, 0.15) is 4.32 Å². The summed E-state index contributed by atoms with van der Waals surface area (Å²) < 4.78 is 6.54. The number of aromatic nitrogens is 2. The standard InChI is InChI=1S/C17H22N4O2S3/c1-2-7-21(15(22)12-26-17(24)20-8-3-4-9-20)11-14-18-19-16(23-14)13-6-5-10-25-13/h5-6,10H,2-4,7-9,11-12H2,1H3. The number of hydrogen-bond donors (Lipinski definition) is 0. The van der Waals surface area contributed by atoms with Gasteiger partial charge in [-0.05, 0) is 30.7 Å². The van der Waals surface area contributed by atoms with Crippen molar-refractivity contribution in [2.75, 3.05) is 25.4 Å². The van der Waals surface area contributed by atoms with Crippen LogP contribution in [0.3, 0.4) is 0 Å². The van der Waals surface area contributed by atoms with Gasteiger partial charge >= 0.3 is 0 Å². The molecule has 9 heteroatoms. The monoisotopic (exact) mass is 410 g/mol. The highest BCUT2D eigenvalue weighted by Gasteiger charge is 2.20. The first kappa shape index (κ1) is 19.3. The van der Waals surface area contributed by atoms with Gasteiger partial charge in [-0.3, -0.25) is 4.79 Å². The van der Waals surface area contributed by atoms with Crippen LogP contribution in [0.2, 0.25) is 0 Å². The van der Waals surface area contributed by atoms with Crippen molar-refractivity contribution in [3.05, 3.63) is 23.4 Å². The molecule has 3 heterocycles. The summed E-state index contributed by atoms with van der Waals surface area (Å²) in [5, 5.41) is 10.1. The van der Waals surface area contributed by atoms with Gasteiger partial charge in [-0.2, -0.15) is 0 Å². The molecule has 3 rings (SSSR count). The molecule has 1 aliphatic rings. The molecular formula is C17H22N4O2S3. The lowest BCUT2D eigenvalue weighted by Gasteiger charge is -2.22. The van der Waals surface area contributed by atoms with Crippen LogP contribution in [0.5, 0.6) is 0 Å². The normalized spacial score (nSPS) is 14.0. The topological polar surface area (TPSA) is 62.5 Å². The van der Waals surface area contributed by atoms with E-state index in [9.17, 15) is 4.79 Å². The molecule has 0 bridgehead atoms. The van der Waals surface area contributed by atoms with Crippen LogP contribution < -0.4 is 0 Å². The summed E-state index contributed by atoms with van der Waals surface area (Å²) in [7, 11) is 0. The largest absolute Gasteiger partial charge is 0.418 e. The molecule has 0 atom stereocenters. The molecule has 0 aromatic carbocycles. The molecule has 2 aromatic heterocycles. The molecule has 6 nitrogen and oxygen atoms in total. The maximum Gasteiger partial charge on any atom is 0.257 e. The first-order chi connectivity index (χ1) is 12.7. The fraction of sp³-hybridized carbons (Fsp3) is 0.529. The minimum atomic E-state index is 0.0503. The maximum atomic E-state index is 12.6. The van der Waals surface area contributed by atoms with Gasteiger partial charge in [0.25, 0.3) is 5.89 Å². The van der Waals surface area contributed by atoms with Crippen LogP contribution in [-0.2, 0) is 11.3 Å². The second-order valence-corrected chi connectivity index (χ2v) is 8.60. The lowest BCUT2D eigenvalue weighted by Crippen LogP contribution is -2.34. The average Bonchev–Trinajstić information content (AvgIpc) is 3.40. The highest BCUT2D eigenvalue weighted by atomic mass is 32.2. The molecule has 0 aliphatic carbocycles. The summed E-state index contributed by atoms with van der Waals surface area (Å²) in [5.41, 5.74) is 0. The van der Waals surface area contributed by atoms with Gasteiger partial charge in [0.05, 0.1) is 17.2 Å².